The first-order valence-corrected chi connectivity index (χ1v) is 13.4. The second-order valence-electron chi connectivity index (χ2n) is 10.2. The number of methoxy groups -OCH3 is 1. The fourth-order valence-electron chi connectivity index (χ4n) is 4.53. The number of benzene rings is 2. The molecule has 3 rings (SSSR count). The molecule has 0 unspecified atom stereocenters. The number of allylic oxidation sites excluding steroid dienone is 4. The highest BCUT2D eigenvalue weighted by molar-refractivity contribution is 5.90. The monoisotopic (exact) mass is 486 g/mol. The van der Waals surface area contributed by atoms with Crippen LogP contribution >= 0.6 is 0 Å². The Balaban J connectivity index is 2.00. The Morgan fingerprint density at radius 1 is 1.06 bits per heavy atom. The highest BCUT2D eigenvalue weighted by atomic mass is 16.5. The van der Waals surface area contributed by atoms with Crippen LogP contribution in [0.5, 0.6) is 5.75 Å². The van der Waals surface area contributed by atoms with Crippen LogP contribution in [-0.2, 0) is 10.2 Å². The quantitative estimate of drug-likeness (QED) is 0.194. The molecule has 0 radical (unpaired) electrons. The number of ether oxygens (including phenoxy) is 1. The van der Waals surface area contributed by atoms with Gasteiger partial charge in [0.15, 0.2) is 0 Å². The van der Waals surface area contributed by atoms with E-state index in [0.717, 1.165) is 77.0 Å². The molecule has 0 amide bonds. The summed E-state index contributed by atoms with van der Waals surface area (Å²) in [5.74, 6) is 2.13. The van der Waals surface area contributed by atoms with Gasteiger partial charge in [0.05, 0.1) is 18.5 Å². The SMILES string of the molecule is C/C=C\C(=C/CC)c1[nH]c(C(C)(C)CCC(=O)CCCCC)nc1-c1ccc2cc(OC)ccc2c1. The lowest BCUT2D eigenvalue weighted by atomic mass is 9.85. The van der Waals surface area contributed by atoms with Crippen LogP contribution < -0.4 is 4.74 Å². The van der Waals surface area contributed by atoms with Crippen molar-refractivity contribution in [2.45, 2.75) is 85.0 Å². The number of H-pyrrole nitrogens is 1. The van der Waals surface area contributed by atoms with Crippen molar-refractivity contribution in [1.82, 2.24) is 9.97 Å². The zero-order valence-electron chi connectivity index (χ0n) is 22.9. The average molecular weight is 487 g/mol. The number of carbonyl (C=O) groups excluding carboxylic acids is 1. The van der Waals surface area contributed by atoms with Gasteiger partial charge in [0.1, 0.15) is 17.4 Å². The number of nitrogens with zero attached hydrogens (tertiary/aromatic N) is 1. The predicted molar refractivity (Wildman–Crippen MR) is 153 cm³/mol. The number of aromatic nitrogens is 2. The van der Waals surface area contributed by atoms with Crippen LogP contribution in [0.3, 0.4) is 0 Å². The number of aromatic amines is 1. The van der Waals surface area contributed by atoms with E-state index < -0.39 is 0 Å². The molecule has 4 nitrogen and oxygen atoms in total. The number of rotatable bonds is 13. The summed E-state index contributed by atoms with van der Waals surface area (Å²) >= 11 is 0. The molecule has 4 heteroatoms. The van der Waals surface area contributed by atoms with Gasteiger partial charge in [0, 0.05) is 23.8 Å². The fraction of sp³-hybridized carbons (Fsp3) is 0.438. The Morgan fingerprint density at radius 3 is 2.50 bits per heavy atom. The summed E-state index contributed by atoms with van der Waals surface area (Å²) in [6.45, 7) is 10.7. The minimum atomic E-state index is -0.245. The van der Waals surface area contributed by atoms with Crippen LogP contribution in [0.1, 0.15) is 91.1 Å². The van der Waals surface area contributed by atoms with E-state index in [1.807, 2.05) is 13.0 Å². The van der Waals surface area contributed by atoms with Gasteiger partial charge in [-0.05, 0) is 60.7 Å². The molecule has 0 aliphatic carbocycles. The molecule has 1 aromatic heterocycles. The zero-order chi connectivity index (χ0) is 26.1. The van der Waals surface area contributed by atoms with Crippen molar-refractivity contribution in [3.63, 3.8) is 0 Å². The second kappa shape index (κ2) is 12.7. The van der Waals surface area contributed by atoms with Gasteiger partial charge in [0.2, 0.25) is 0 Å². The fourth-order valence-corrected chi connectivity index (χ4v) is 4.53. The maximum absolute atomic E-state index is 12.5. The van der Waals surface area contributed by atoms with Crippen LogP contribution in [0, 0.1) is 0 Å². The zero-order valence-corrected chi connectivity index (χ0v) is 22.9. The van der Waals surface area contributed by atoms with Gasteiger partial charge in [-0.3, -0.25) is 4.79 Å². The first-order valence-electron chi connectivity index (χ1n) is 13.4. The Hall–Kier alpha value is -3.14. The molecule has 2 aromatic carbocycles. The molecule has 0 bridgehead atoms. The van der Waals surface area contributed by atoms with Gasteiger partial charge in [0.25, 0.3) is 0 Å². The number of unbranched alkanes of at least 4 members (excludes halogenated alkanes) is 2. The van der Waals surface area contributed by atoms with Gasteiger partial charge in [-0.15, -0.1) is 0 Å². The molecule has 36 heavy (non-hydrogen) atoms. The summed E-state index contributed by atoms with van der Waals surface area (Å²) in [6, 6.07) is 12.6. The number of ketones is 1. The first kappa shape index (κ1) is 27.4. The Morgan fingerprint density at radius 2 is 1.81 bits per heavy atom. The van der Waals surface area contributed by atoms with Crippen molar-refractivity contribution in [3.05, 3.63) is 66.1 Å². The van der Waals surface area contributed by atoms with Crippen LogP contribution in [0.4, 0.5) is 0 Å². The van der Waals surface area contributed by atoms with E-state index in [4.69, 9.17) is 9.72 Å². The summed E-state index contributed by atoms with van der Waals surface area (Å²) in [5.41, 5.74) is 3.94. The molecule has 0 spiro atoms. The maximum Gasteiger partial charge on any atom is 0.132 e. The van der Waals surface area contributed by atoms with Crippen molar-refractivity contribution >= 4 is 22.1 Å². The summed E-state index contributed by atoms with van der Waals surface area (Å²) in [4.78, 5) is 21.3. The number of hydrogen-bond acceptors (Lipinski definition) is 3. The lowest BCUT2D eigenvalue weighted by Crippen LogP contribution is -2.20. The van der Waals surface area contributed by atoms with Gasteiger partial charge in [-0.2, -0.15) is 0 Å². The summed E-state index contributed by atoms with van der Waals surface area (Å²) in [6.07, 6.45) is 12.7. The van der Waals surface area contributed by atoms with Crippen LogP contribution in [0.15, 0.2) is 54.6 Å². The Kier molecular flexibility index (Phi) is 9.69. The number of hydrogen-bond donors (Lipinski definition) is 1. The molecule has 1 N–H and O–H groups in total. The third kappa shape index (κ3) is 6.75. The minimum absolute atomic E-state index is 0.245. The standard InChI is InChI=1S/C32H42N2O2/c1-7-10-11-14-27(35)19-20-32(4,5)31-33-29(23(12-8-2)13-9-3)30(34-31)26-16-15-25-22-28(36-6)18-17-24(25)21-26/h8,12-13,15-18,21-22H,7,9-11,14,19-20H2,1-6H3,(H,33,34)/b12-8-,23-13+. The molecule has 1 heterocycles. The molecule has 0 aliphatic rings. The number of imidazole rings is 1. The van der Waals surface area contributed by atoms with Crippen molar-refractivity contribution < 1.29 is 9.53 Å². The molecule has 0 saturated heterocycles. The third-order valence-electron chi connectivity index (χ3n) is 6.81. The topological polar surface area (TPSA) is 55.0 Å². The Bertz CT molecular complexity index is 1230. The van der Waals surface area contributed by atoms with Gasteiger partial charge in [-0.25, -0.2) is 4.98 Å². The Labute approximate surface area is 216 Å². The normalized spacial score (nSPS) is 12.6. The summed E-state index contributed by atoms with van der Waals surface area (Å²) in [5, 5.41) is 2.28. The van der Waals surface area contributed by atoms with Crippen molar-refractivity contribution in [2.24, 2.45) is 0 Å². The van der Waals surface area contributed by atoms with Crippen LogP contribution in [0.25, 0.3) is 27.6 Å². The number of carbonyl (C=O) groups is 1. The van der Waals surface area contributed by atoms with E-state index in [2.05, 4.69) is 81.2 Å². The van der Waals surface area contributed by atoms with Gasteiger partial charge >= 0.3 is 0 Å². The molecule has 192 valence electrons. The lowest BCUT2D eigenvalue weighted by Gasteiger charge is -2.21. The highest BCUT2D eigenvalue weighted by Crippen LogP contribution is 2.35. The van der Waals surface area contributed by atoms with Crippen molar-refractivity contribution in [2.75, 3.05) is 7.11 Å². The highest BCUT2D eigenvalue weighted by Gasteiger charge is 2.28. The second-order valence-corrected chi connectivity index (χ2v) is 10.2. The summed E-state index contributed by atoms with van der Waals surface area (Å²) in [7, 11) is 1.69. The largest absolute Gasteiger partial charge is 0.497 e. The van der Waals surface area contributed by atoms with Gasteiger partial charge < -0.3 is 9.72 Å². The average Bonchev–Trinajstić information content (AvgIpc) is 3.33. The van der Waals surface area contributed by atoms with E-state index in [-0.39, 0.29) is 5.41 Å². The number of nitrogens with one attached hydrogen (secondary N) is 1. The minimum Gasteiger partial charge on any atom is -0.497 e. The number of fused-ring (bicyclic) bond motifs is 1. The van der Waals surface area contributed by atoms with E-state index >= 15 is 0 Å². The van der Waals surface area contributed by atoms with E-state index in [0.29, 0.717) is 18.6 Å². The van der Waals surface area contributed by atoms with Crippen molar-refractivity contribution in [3.8, 4) is 17.0 Å². The number of Topliss-reactive ketones (excluding diaryl/α,β-unsaturated/α-hetero) is 1. The molecule has 0 saturated carbocycles. The first-order chi connectivity index (χ1) is 17.3. The third-order valence-corrected chi connectivity index (χ3v) is 6.81. The lowest BCUT2D eigenvalue weighted by molar-refractivity contribution is -0.119. The molecular formula is C32H42N2O2. The molecular weight excluding hydrogens is 444 g/mol. The predicted octanol–water partition coefficient (Wildman–Crippen LogP) is 8.82. The molecule has 3 aromatic rings. The van der Waals surface area contributed by atoms with Crippen molar-refractivity contribution in [1.29, 1.82) is 0 Å². The van der Waals surface area contributed by atoms with Crippen LogP contribution in [-0.4, -0.2) is 22.9 Å². The molecule has 0 atom stereocenters. The van der Waals surface area contributed by atoms with E-state index in [1.54, 1.807) is 7.11 Å². The van der Waals surface area contributed by atoms with Gasteiger partial charge in [-0.1, -0.05) is 77.0 Å². The van der Waals surface area contributed by atoms with E-state index in [9.17, 15) is 4.79 Å². The summed E-state index contributed by atoms with van der Waals surface area (Å²) < 4.78 is 5.39. The molecule has 0 aliphatic heterocycles. The smallest absolute Gasteiger partial charge is 0.132 e. The van der Waals surface area contributed by atoms with E-state index in [1.165, 1.54) is 0 Å². The molecule has 0 fully saturated rings. The van der Waals surface area contributed by atoms with Crippen LogP contribution in [0.2, 0.25) is 0 Å². The maximum atomic E-state index is 12.5.